The molecule has 0 aliphatic heterocycles. The Balaban J connectivity index is 2.47. The molecule has 0 saturated carbocycles. The van der Waals surface area contributed by atoms with Crippen molar-refractivity contribution in [3.05, 3.63) is 5.82 Å². The minimum atomic E-state index is -0.181. The first-order valence-electron chi connectivity index (χ1n) is 5.97. The molecule has 1 aromatic rings. The van der Waals surface area contributed by atoms with Crippen LogP contribution >= 0.6 is 0 Å². The number of methoxy groups -OCH3 is 1. The van der Waals surface area contributed by atoms with Gasteiger partial charge >= 0.3 is 0 Å². The van der Waals surface area contributed by atoms with E-state index in [4.69, 9.17) is 4.74 Å². The highest BCUT2D eigenvalue weighted by Gasteiger charge is 2.22. The normalized spacial score (nSPS) is 11.6. The van der Waals surface area contributed by atoms with Crippen LogP contribution < -0.4 is 5.32 Å². The molecule has 7 nitrogen and oxygen atoms in total. The molecule has 1 N–H and O–H groups in total. The second-order valence-electron chi connectivity index (χ2n) is 5.11. The third-order valence-electron chi connectivity index (χ3n) is 2.34. The Labute approximate surface area is 107 Å². The smallest absolute Gasteiger partial charge is 0.241 e. The van der Waals surface area contributed by atoms with Crippen molar-refractivity contribution in [2.24, 2.45) is 0 Å². The third kappa shape index (κ3) is 4.40. The van der Waals surface area contributed by atoms with Gasteiger partial charge in [-0.05, 0) is 16.8 Å². The average molecular weight is 255 g/mol. The number of hydrogen-bond acceptors (Lipinski definition) is 5. The van der Waals surface area contributed by atoms with Gasteiger partial charge in [-0.1, -0.05) is 20.8 Å². The zero-order chi connectivity index (χ0) is 13.6. The second kappa shape index (κ2) is 6.44. The molecular formula is C11H21N5O2. The van der Waals surface area contributed by atoms with Crippen LogP contribution in [-0.4, -0.2) is 46.4 Å². The van der Waals surface area contributed by atoms with Crippen molar-refractivity contribution in [1.82, 2.24) is 25.5 Å². The largest absolute Gasteiger partial charge is 0.385 e. The highest BCUT2D eigenvalue weighted by Crippen LogP contribution is 2.18. The van der Waals surface area contributed by atoms with E-state index in [9.17, 15) is 4.79 Å². The van der Waals surface area contributed by atoms with Gasteiger partial charge < -0.3 is 10.1 Å². The fourth-order valence-electron chi connectivity index (χ4n) is 1.48. The monoisotopic (exact) mass is 255 g/mol. The molecule has 0 spiro atoms. The van der Waals surface area contributed by atoms with E-state index in [-0.39, 0.29) is 17.9 Å². The zero-order valence-corrected chi connectivity index (χ0v) is 11.4. The number of nitrogens with one attached hydrogen (secondary N) is 1. The van der Waals surface area contributed by atoms with Crippen molar-refractivity contribution >= 4 is 5.91 Å². The summed E-state index contributed by atoms with van der Waals surface area (Å²) in [4.78, 5) is 11.7. The molecule has 7 heteroatoms. The van der Waals surface area contributed by atoms with Gasteiger partial charge in [0.2, 0.25) is 5.91 Å². The lowest BCUT2D eigenvalue weighted by Gasteiger charge is -2.16. The van der Waals surface area contributed by atoms with E-state index in [2.05, 4.69) is 20.8 Å². The van der Waals surface area contributed by atoms with Crippen molar-refractivity contribution < 1.29 is 9.53 Å². The van der Waals surface area contributed by atoms with Gasteiger partial charge in [-0.2, -0.15) is 0 Å². The first-order valence-corrected chi connectivity index (χ1v) is 5.97. The first-order chi connectivity index (χ1) is 8.45. The van der Waals surface area contributed by atoms with Gasteiger partial charge in [0, 0.05) is 25.7 Å². The van der Waals surface area contributed by atoms with Gasteiger partial charge in [0.15, 0.2) is 5.82 Å². The molecule has 0 fully saturated rings. The fraction of sp³-hybridized carbons (Fsp3) is 0.818. The lowest BCUT2D eigenvalue weighted by Crippen LogP contribution is -2.31. The molecule has 0 radical (unpaired) electrons. The molecule has 0 saturated heterocycles. The summed E-state index contributed by atoms with van der Waals surface area (Å²) < 4.78 is 6.44. The summed E-state index contributed by atoms with van der Waals surface area (Å²) in [7, 11) is 1.64. The SMILES string of the molecule is COCCCNC(=O)Cn1nnnc1C(C)(C)C. The summed E-state index contributed by atoms with van der Waals surface area (Å²) in [6.07, 6.45) is 0.796. The van der Waals surface area contributed by atoms with Gasteiger partial charge in [-0.15, -0.1) is 5.10 Å². The maximum absolute atomic E-state index is 11.7. The molecule has 1 amide bonds. The highest BCUT2D eigenvalue weighted by molar-refractivity contribution is 5.75. The second-order valence-corrected chi connectivity index (χ2v) is 5.11. The fourth-order valence-corrected chi connectivity index (χ4v) is 1.48. The quantitative estimate of drug-likeness (QED) is 0.730. The molecule has 0 atom stereocenters. The van der Waals surface area contributed by atoms with Crippen LogP contribution in [0.4, 0.5) is 0 Å². The van der Waals surface area contributed by atoms with Crippen LogP contribution in [0.2, 0.25) is 0 Å². The number of amides is 1. The lowest BCUT2D eigenvalue weighted by atomic mass is 9.96. The van der Waals surface area contributed by atoms with Crippen molar-refractivity contribution in [2.75, 3.05) is 20.3 Å². The van der Waals surface area contributed by atoms with E-state index >= 15 is 0 Å². The van der Waals surface area contributed by atoms with Crippen LogP contribution in [0.3, 0.4) is 0 Å². The van der Waals surface area contributed by atoms with Crippen LogP contribution in [0.1, 0.15) is 33.0 Å². The molecule has 0 aliphatic carbocycles. The topological polar surface area (TPSA) is 81.9 Å². The highest BCUT2D eigenvalue weighted by atomic mass is 16.5. The van der Waals surface area contributed by atoms with E-state index in [1.807, 2.05) is 20.8 Å². The van der Waals surface area contributed by atoms with Crippen LogP contribution in [0, 0.1) is 0 Å². The summed E-state index contributed by atoms with van der Waals surface area (Å²) in [6.45, 7) is 7.40. The average Bonchev–Trinajstić information content (AvgIpc) is 2.72. The predicted molar refractivity (Wildman–Crippen MR) is 66.0 cm³/mol. The number of carbonyl (C=O) groups is 1. The molecule has 1 heterocycles. The van der Waals surface area contributed by atoms with Crippen molar-refractivity contribution in [1.29, 1.82) is 0 Å². The molecule has 0 aromatic carbocycles. The Morgan fingerprint density at radius 1 is 1.44 bits per heavy atom. The van der Waals surface area contributed by atoms with Crippen LogP contribution in [-0.2, 0) is 21.5 Å². The Morgan fingerprint density at radius 2 is 2.17 bits per heavy atom. The van der Waals surface area contributed by atoms with Crippen molar-refractivity contribution in [3.63, 3.8) is 0 Å². The van der Waals surface area contributed by atoms with E-state index in [0.29, 0.717) is 19.0 Å². The van der Waals surface area contributed by atoms with Crippen LogP contribution in [0.25, 0.3) is 0 Å². The number of rotatable bonds is 6. The van der Waals surface area contributed by atoms with Gasteiger partial charge in [0.25, 0.3) is 0 Å². The van der Waals surface area contributed by atoms with E-state index < -0.39 is 0 Å². The number of ether oxygens (including phenoxy) is 1. The number of tetrazole rings is 1. The summed E-state index contributed by atoms with van der Waals surface area (Å²) in [5.41, 5.74) is -0.181. The van der Waals surface area contributed by atoms with Gasteiger partial charge in [0.05, 0.1) is 0 Å². The Hall–Kier alpha value is -1.50. The summed E-state index contributed by atoms with van der Waals surface area (Å²) in [5.74, 6) is 0.610. The van der Waals surface area contributed by atoms with Crippen molar-refractivity contribution in [2.45, 2.75) is 39.2 Å². The lowest BCUT2D eigenvalue weighted by molar-refractivity contribution is -0.121. The molecule has 0 aliphatic rings. The maximum Gasteiger partial charge on any atom is 0.241 e. The maximum atomic E-state index is 11.7. The third-order valence-corrected chi connectivity index (χ3v) is 2.34. The number of hydrogen-bond donors (Lipinski definition) is 1. The van der Waals surface area contributed by atoms with Gasteiger partial charge in [-0.3, -0.25) is 4.79 Å². The van der Waals surface area contributed by atoms with Crippen LogP contribution in [0.5, 0.6) is 0 Å². The molecule has 1 aromatic heterocycles. The first kappa shape index (κ1) is 14.6. The summed E-state index contributed by atoms with van der Waals surface area (Å²) >= 11 is 0. The minimum Gasteiger partial charge on any atom is -0.385 e. The Bertz CT molecular complexity index is 383. The van der Waals surface area contributed by atoms with Crippen molar-refractivity contribution in [3.8, 4) is 0 Å². The number of nitrogens with zero attached hydrogens (tertiary/aromatic N) is 4. The predicted octanol–water partition coefficient (Wildman–Crippen LogP) is 0.123. The summed E-state index contributed by atoms with van der Waals surface area (Å²) in [6, 6.07) is 0. The Morgan fingerprint density at radius 3 is 2.78 bits per heavy atom. The van der Waals surface area contributed by atoms with Crippen LogP contribution in [0.15, 0.2) is 0 Å². The van der Waals surface area contributed by atoms with E-state index in [1.165, 1.54) is 4.68 Å². The molecule has 0 unspecified atom stereocenters. The van der Waals surface area contributed by atoms with E-state index in [0.717, 1.165) is 6.42 Å². The molecule has 102 valence electrons. The molecule has 18 heavy (non-hydrogen) atoms. The van der Waals surface area contributed by atoms with E-state index in [1.54, 1.807) is 7.11 Å². The van der Waals surface area contributed by atoms with Gasteiger partial charge in [-0.25, -0.2) is 4.68 Å². The molecular weight excluding hydrogens is 234 g/mol. The Kier molecular flexibility index (Phi) is 5.21. The minimum absolute atomic E-state index is 0.0936. The standard InChI is InChI=1S/C11H21N5O2/c1-11(2,3)10-13-14-15-16(10)8-9(17)12-6-5-7-18-4/h5-8H2,1-4H3,(H,12,17). The molecule has 0 bridgehead atoms. The number of aromatic nitrogens is 4. The zero-order valence-electron chi connectivity index (χ0n) is 11.4. The number of carbonyl (C=O) groups excluding carboxylic acids is 1. The van der Waals surface area contributed by atoms with Gasteiger partial charge in [0.1, 0.15) is 6.54 Å². The summed E-state index contributed by atoms with van der Waals surface area (Å²) in [5, 5.41) is 14.2. The molecule has 1 rings (SSSR count).